The number of anilines is 1. The Morgan fingerprint density at radius 3 is 2.55 bits per heavy atom. The first kappa shape index (κ1) is 22.9. The quantitative estimate of drug-likeness (QED) is 0.612. The lowest BCUT2D eigenvalue weighted by Gasteiger charge is -2.35. The van der Waals surface area contributed by atoms with E-state index in [0.29, 0.717) is 23.6 Å². The maximum atomic E-state index is 13.5. The Morgan fingerprint density at radius 1 is 1.21 bits per heavy atom. The van der Waals surface area contributed by atoms with Crippen molar-refractivity contribution in [1.82, 2.24) is 19.9 Å². The molecule has 4 rings (SSSR count). The molecule has 0 spiro atoms. The van der Waals surface area contributed by atoms with Crippen molar-refractivity contribution in [3.8, 4) is 0 Å². The molecule has 33 heavy (non-hydrogen) atoms. The summed E-state index contributed by atoms with van der Waals surface area (Å²) in [5.41, 5.74) is 7.39. The molecule has 10 heteroatoms. The number of nitrogens with two attached hydrogens (primary N) is 1. The molecule has 4 heterocycles. The first-order valence-corrected chi connectivity index (χ1v) is 10.4. The third kappa shape index (κ3) is 4.35. The molecule has 3 aromatic heterocycles. The average Bonchev–Trinajstić information content (AvgIpc) is 3.13. The summed E-state index contributed by atoms with van der Waals surface area (Å²) in [7, 11) is 0. The van der Waals surface area contributed by atoms with Gasteiger partial charge in [-0.15, -0.1) is 0 Å². The van der Waals surface area contributed by atoms with Crippen molar-refractivity contribution in [3.63, 3.8) is 0 Å². The van der Waals surface area contributed by atoms with Gasteiger partial charge in [0, 0.05) is 22.7 Å². The van der Waals surface area contributed by atoms with E-state index in [1.165, 1.54) is 17.2 Å². The van der Waals surface area contributed by atoms with Crippen molar-refractivity contribution in [2.24, 2.45) is 0 Å². The van der Waals surface area contributed by atoms with Gasteiger partial charge in [0.05, 0.1) is 42.2 Å². The molecule has 1 amide bonds. The Bertz CT molecular complexity index is 1220. The highest BCUT2D eigenvalue weighted by atomic mass is 19.4. The minimum atomic E-state index is -4.47. The number of halogens is 3. The van der Waals surface area contributed by atoms with Crippen molar-refractivity contribution in [1.29, 1.82) is 0 Å². The second-order valence-electron chi connectivity index (χ2n) is 9.03. The predicted molar refractivity (Wildman–Crippen MR) is 116 cm³/mol. The van der Waals surface area contributed by atoms with E-state index in [9.17, 15) is 18.0 Å². The van der Waals surface area contributed by atoms with Crippen molar-refractivity contribution in [2.75, 3.05) is 5.73 Å². The van der Waals surface area contributed by atoms with Crippen LogP contribution in [0.4, 0.5) is 19.0 Å². The zero-order valence-corrected chi connectivity index (χ0v) is 18.7. The number of amides is 1. The lowest BCUT2D eigenvalue weighted by molar-refractivity contribution is -0.137. The molecule has 7 nitrogen and oxygen atoms in total. The van der Waals surface area contributed by atoms with Crippen LogP contribution in [-0.2, 0) is 24.1 Å². The van der Waals surface area contributed by atoms with Gasteiger partial charge in [-0.1, -0.05) is 0 Å². The largest absolute Gasteiger partial charge is 0.417 e. The lowest BCUT2D eigenvalue weighted by atomic mass is 10.0. The van der Waals surface area contributed by atoms with Crippen LogP contribution >= 0.6 is 0 Å². The normalized spacial score (nSPS) is 16.2. The molecule has 0 saturated heterocycles. The van der Waals surface area contributed by atoms with Crippen LogP contribution in [0.5, 0.6) is 0 Å². The molecule has 3 aromatic rings. The van der Waals surface area contributed by atoms with Crippen LogP contribution in [0.3, 0.4) is 0 Å². The summed E-state index contributed by atoms with van der Waals surface area (Å²) in [6.45, 7) is 7.79. The number of carbonyl (C=O) groups is 1. The molecule has 0 saturated carbocycles. The molecular formula is C23H24F3N5O2. The van der Waals surface area contributed by atoms with Crippen molar-refractivity contribution in [3.05, 3.63) is 58.7 Å². The molecule has 0 bridgehead atoms. The first-order valence-electron chi connectivity index (χ1n) is 10.4. The maximum absolute atomic E-state index is 13.5. The second-order valence-corrected chi connectivity index (χ2v) is 9.03. The fraction of sp³-hybridized carbons (Fsp3) is 0.391. The van der Waals surface area contributed by atoms with E-state index in [1.54, 1.807) is 6.07 Å². The van der Waals surface area contributed by atoms with Crippen LogP contribution in [-0.4, -0.2) is 31.3 Å². The van der Waals surface area contributed by atoms with E-state index in [2.05, 4.69) is 15.0 Å². The van der Waals surface area contributed by atoms with E-state index in [-0.39, 0.29) is 24.2 Å². The number of carbonyl (C=O) groups excluding carboxylic acids is 1. The first-order chi connectivity index (χ1) is 15.4. The van der Waals surface area contributed by atoms with Gasteiger partial charge in [-0.2, -0.15) is 13.2 Å². The fourth-order valence-corrected chi connectivity index (χ4v) is 3.89. The van der Waals surface area contributed by atoms with Crippen molar-refractivity contribution < 1.29 is 22.7 Å². The van der Waals surface area contributed by atoms with Crippen molar-refractivity contribution in [2.45, 2.75) is 58.7 Å². The van der Waals surface area contributed by atoms with Crippen molar-refractivity contribution >= 4 is 22.6 Å². The Labute approximate surface area is 188 Å². The summed E-state index contributed by atoms with van der Waals surface area (Å²) in [5, 5.41) is 0.739. The molecule has 0 aliphatic carbocycles. The number of alkyl halides is 3. The Kier molecular flexibility index (Phi) is 5.52. The number of pyridine rings is 3. The van der Waals surface area contributed by atoms with E-state index in [4.69, 9.17) is 10.5 Å². The molecule has 1 aliphatic heterocycles. The summed E-state index contributed by atoms with van der Waals surface area (Å²) in [6, 6.07) is 3.91. The zero-order chi connectivity index (χ0) is 24.1. The summed E-state index contributed by atoms with van der Waals surface area (Å²) in [6.07, 6.45) is -2.39. The molecule has 1 atom stereocenters. The standard InChI is InChI=1S/C23H24F3N5O2/c1-12-19-16(11-33-12)15-7-17(29-9-18(15)30-20(19)27)21(32)31(22(2,3)4)10-14-6-5-13(8-28-14)23(24,25)26/h5-9,12H,10-11H2,1-4H3,(H2,27,30). The minimum absolute atomic E-state index is 0.0262. The molecule has 0 radical (unpaired) electrons. The van der Waals surface area contributed by atoms with Crippen LogP contribution in [0, 0.1) is 0 Å². The number of rotatable bonds is 3. The molecule has 0 aromatic carbocycles. The van der Waals surface area contributed by atoms with Gasteiger partial charge in [-0.05, 0) is 51.5 Å². The number of nitrogens with zero attached hydrogens (tertiary/aromatic N) is 4. The number of hydrogen-bond acceptors (Lipinski definition) is 6. The zero-order valence-electron chi connectivity index (χ0n) is 18.7. The van der Waals surface area contributed by atoms with E-state index < -0.39 is 17.3 Å². The van der Waals surface area contributed by atoms with Crippen LogP contribution < -0.4 is 5.73 Å². The predicted octanol–water partition coefficient (Wildman–Crippen LogP) is 4.66. The molecule has 1 aliphatic rings. The van der Waals surface area contributed by atoms with Crippen LogP contribution in [0.15, 0.2) is 30.6 Å². The number of nitrogen functional groups attached to an aromatic ring is 1. The average molecular weight is 459 g/mol. The number of hydrogen-bond donors (Lipinski definition) is 1. The fourth-order valence-electron chi connectivity index (χ4n) is 3.89. The van der Waals surface area contributed by atoms with Gasteiger partial charge in [-0.3, -0.25) is 9.78 Å². The molecule has 2 N–H and O–H groups in total. The van der Waals surface area contributed by atoms with Gasteiger partial charge in [0.25, 0.3) is 5.91 Å². The van der Waals surface area contributed by atoms with Gasteiger partial charge in [0.2, 0.25) is 0 Å². The lowest BCUT2D eigenvalue weighted by Crippen LogP contribution is -2.45. The van der Waals surface area contributed by atoms with E-state index in [0.717, 1.165) is 28.8 Å². The highest BCUT2D eigenvalue weighted by molar-refractivity contribution is 5.97. The number of ether oxygens (including phenoxy) is 1. The van der Waals surface area contributed by atoms with Crippen LogP contribution in [0.2, 0.25) is 0 Å². The SMILES string of the molecule is CC1OCc2c1c(N)nc1cnc(C(=O)N(Cc3ccc(C(F)(F)F)cn3)C(C)(C)C)cc21. The van der Waals surface area contributed by atoms with Gasteiger partial charge in [0.1, 0.15) is 11.5 Å². The topological polar surface area (TPSA) is 94.2 Å². The van der Waals surface area contributed by atoms with E-state index in [1.807, 2.05) is 27.7 Å². The summed E-state index contributed by atoms with van der Waals surface area (Å²) in [5.74, 6) is 0.0108. The molecule has 0 fully saturated rings. The monoisotopic (exact) mass is 459 g/mol. The third-order valence-corrected chi connectivity index (χ3v) is 5.68. The van der Waals surface area contributed by atoms with Gasteiger partial charge in [0.15, 0.2) is 0 Å². The summed E-state index contributed by atoms with van der Waals surface area (Å²) < 4.78 is 44.3. The highest BCUT2D eigenvalue weighted by Gasteiger charge is 2.33. The summed E-state index contributed by atoms with van der Waals surface area (Å²) >= 11 is 0. The molecule has 1 unspecified atom stereocenters. The minimum Gasteiger partial charge on any atom is -0.383 e. The van der Waals surface area contributed by atoms with E-state index >= 15 is 0 Å². The smallest absolute Gasteiger partial charge is 0.383 e. The van der Waals surface area contributed by atoms with Gasteiger partial charge in [-0.25, -0.2) is 9.97 Å². The summed E-state index contributed by atoms with van der Waals surface area (Å²) in [4.78, 5) is 27.6. The van der Waals surface area contributed by atoms with Crippen LogP contribution in [0.25, 0.3) is 10.9 Å². The molecular weight excluding hydrogens is 435 g/mol. The van der Waals surface area contributed by atoms with Crippen LogP contribution in [0.1, 0.15) is 66.7 Å². The Balaban J connectivity index is 1.69. The number of fused-ring (bicyclic) bond motifs is 3. The molecule has 174 valence electrons. The highest BCUT2D eigenvalue weighted by Crippen LogP contribution is 2.38. The maximum Gasteiger partial charge on any atom is 0.417 e. The van der Waals surface area contributed by atoms with Gasteiger partial charge < -0.3 is 15.4 Å². The Hall–Kier alpha value is -3.27. The Morgan fingerprint density at radius 2 is 1.94 bits per heavy atom. The number of aromatic nitrogens is 3. The third-order valence-electron chi connectivity index (χ3n) is 5.68. The second kappa shape index (κ2) is 7.95. The van der Waals surface area contributed by atoms with Gasteiger partial charge >= 0.3 is 6.18 Å².